The Bertz CT molecular complexity index is 1400. The largest absolute Gasteiger partial charge is 0.354 e. The number of hydrogen-bond donors (Lipinski definition) is 2. The second-order valence-electron chi connectivity index (χ2n) is 8.30. The van der Waals surface area contributed by atoms with E-state index in [9.17, 15) is 0 Å². The van der Waals surface area contributed by atoms with Crippen molar-refractivity contribution in [3.63, 3.8) is 0 Å². The Morgan fingerprint density at radius 3 is 2.79 bits per heavy atom. The van der Waals surface area contributed by atoms with Gasteiger partial charge in [-0.1, -0.05) is 6.07 Å². The predicted octanol–water partition coefficient (Wildman–Crippen LogP) is 2.43. The third-order valence-corrected chi connectivity index (χ3v) is 6.11. The second kappa shape index (κ2) is 8.14. The molecule has 2 N–H and O–H groups in total. The molecule has 33 heavy (non-hydrogen) atoms. The summed E-state index contributed by atoms with van der Waals surface area (Å²) in [5.74, 6) is 1.61. The second-order valence-corrected chi connectivity index (χ2v) is 8.30. The van der Waals surface area contributed by atoms with E-state index < -0.39 is 0 Å². The topological polar surface area (TPSA) is 103 Å². The first-order chi connectivity index (χ1) is 16.2. The summed E-state index contributed by atoms with van der Waals surface area (Å²) in [7, 11) is 2.16. The Kier molecular flexibility index (Phi) is 4.84. The van der Waals surface area contributed by atoms with Gasteiger partial charge in [0.1, 0.15) is 17.8 Å². The molecule has 6 heterocycles. The lowest BCUT2D eigenvalue weighted by atomic mass is 10.1. The van der Waals surface area contributed by atoms with Gasteiger partial charge in [0.2, 0.25) is 5.95 Å². The smallest absolute Gasteiger partial charge is 0.224 e. The van der Waals surface area contributed by atoms with E-state index in [1.165, 1.54) is 0 Å². The summed E-state index contributed by atoms with van der Waals surface area (Å²) in [5, 5.41) is 8.41. The number of likely N-dealkylation sites (N-methyl/N-ethyl adjacent to an activating group) is 1. The van der Waals surface area contributed by atoms with Crippen LogP contribution in [0.25, 0.3) is 27.8 Å². The number of fused-ring (bicyclic) bond motifs is 2. The Morgan fingerprint density at radius 2 is 1.94 bits per heavy atom. The standard InChI is InChI=1S/C23H24N10/c1-31-6-8-32(9-7-31)20-3-2-16(11-24-20)12-26-23-27-14-19-18(13-25-22(19)30-23)17-4-5-33-21(10-17)28-15-29-33/h2-5,10-11,13-15H,6-9,12H2,1H3,(H2,25,26,27,30). The van der Waals surface area contributed by atoms with Gasteiger partial charge in [0.15, 0.2) is 5.65 Å². The summed E-state index contributed by atoms with van der Waals surface area (Å²) in [6.07, 6.45) is 9.17. The zero-order valence-electron chi connectivity index (χ0n) is 18.3. The maximum Gasteiger partial charge on any atom is 0.224 e. The van der Waals surface area contributed by atoms with Crippen molar-refractivity contribution >= 4 is 28.4 Å². The molecule has 0 aromatic carbocycles. The zero-order valence-corrected chi connectivity index (χ0v) is 18.3. The van der Waals surface area contributed by atoms with Gasteiger partial charge < -0.3 is 20.1 Å². The van der Waals surface area contributed by atoms with E-state index in [4.69, 9.17) is 0 Å². The van der Waals surface area contributed by atoms with Crippen LogP contribution in [-0.2, 0) is 6.54 Å². The molecular formula is C23H24N10. The number of piperazine rings is 1. The van der Waals surface area contributed by atoms with Crippen molar-refractivity contribution in [3.8, 4) is 11.1 Å². The normalized spacial score (nSPS) is 14.9. The maximum absolute atomic E-state index is 4.65. The van der Waals surface area contributed by atoms with Gasteiger partial charge in [0.25, 0.3) is 0 Å². The van der Waals surface area contributed by atoms with E-state index in [0.717, 1.165) is 65.4 Å². The van der Waals surface area contributed by atoms with Gasteiger partial charge in [-0.15, -0.1) is 0 Å². The van der Waals surface area contributed by atoms with Gasteiger partial charge in [-0.3, -0.25) is 0 Å². The Hall–Kier alpha value is -4.05. The summed E-state index contributed by atoms with van der Waals surface area (Å²) in [5.41, 5.74) is 4.74. The minimum atomic E-state index is 0.576. The van der Waals surface area contributed by atoms with Crippen LogP contribution in [0.4, 0.5) is 11.8 Å². The predicted molar refractivity (Wildman–Crippen MR) is 127 cm³/mol. The molecule has 5 aromatic rings. The van der Waals surface area contributed by atoms with Gasteiger partial charge >= 0.3 is 0 Å². The molecule has 5 aromatic heterocycles. The molecule has 1 saturated heterocycles. The lowest BCUT2D eigenvalue weighted by Gasteiger charge is -2.33. The summed E-state index contributed by atoms with van der Waals surface area (Å²) in [6, 6.07) is 8.21. The third-order valence-electron chi connectivity index (χ3n) is 6.11. The highest BCUT2D eigenvalue weighted by atomic mass is 15.3. The lowest BCUT2D eigenvalue weighted by molar-refractivity contribution is 0.312. The Morgan fingerprint density at radius 1 is 1.03 bits per heavy atom. The van der Waals surface area contributed by atoms with Crippen LogP contribution in [-0.4, -0.2) is 72.7 Å². The fourth-order valence-corrected chi connectivity index (χ4v) is 4.14. The molecule has 0 spiro atoms. The minimum absolute atomic E-state index is 0.576. The van der Waals surface area contributed by atoms with Crippen LogP contribution in [0.2, 0.25) is 0 Å². The molecule has 0 aliphatic carbocycles. The van der Waals surface area contributed by atoms with E-state index in [1.54, 1.807) is 10.8 Å². The first kappa shape index (κ1) is 19.6. The summed E-state index contributed by atoms with van der Waals surface area (Å²) >= 11 is 0. The number of anilines is 2. The number of pyridine rings is 2. The molecule has 0 radical (unpaired) electrons. The van der Waals surface area contributed by atoms with Crippen molar-refractivity contribution in [2.75, 3.05) is 43.4 Å². The van der Waals surface area contributed by atoms with Crippen molar-refractivity contribution in [3.05, 3.63) is 60.9 Å². The number of nitrogens with zero attached hydrogens (tertiary/aromatic N) is 8. The highest BCUT2D eigenvalue weighted by Gasteiger charge is 2.15. The van der Waals surface area contributed by atoms with Crippen LogP contribution in [0.1, 0.15) is 5.56 Å². The minimum Gasteiger partial charge on any atom is -0.354 e. The number of nitrogens with one attached hydrogen (secondary N) is 2. The van der Waals surface area contributed by atoms with Crippen LogP contribution >= 0.6 is 0 Å². The average Bonchev–Trinajstić information content (AvgIpc) is 3.50. The van der Waals surface area contributed by atoms with Crippen LogP contribution < -0.4 is 10.2 Å². The number of rotatable bonds is 5. The molecule has 1 aliphatic rings. The van der Waals surface area contributed by atoms with Crippen molar-refractivity contribution < 1.29 is 0 Å². The highest BCUT2D eigenvalue weighted by molar-refractivity contribution is 5.93. The Labute approximate surface area is 190 Å². The van der Waals surface area contributed by atoms with Crippen LogP contribution in [0.15, 0.2) is 55.4 Å². The molecule has 166 valence electrons. The maximum atomic E-state index is 4.65. The van der Waals surface area contributed by atoms with E-state index in [2.05, 4.69) is 64.3 Å². The zero-order chi connectivity index (χ0) is 22.2. The SMILES string of the molecule is CN1CCN(c2ccc(CNc3ncc4c(-c5ccn6ncnc6c5)c[nH]c4n3)cn2)CC1. The number of H-pyrrole nitrogens is 1. The van der Waals surface area contributed by atoms with Crippen molar-refractivity contribution in [2.45, 2.75) is 6.54 Å². The molecule has 1 aliphatic heterocycles. The highest BCUT2D eigenvalue weighted by Crippen LogP contribution is 2.28. The molecule has 1 fully saturated rings. The van der Waals surface area contributed by atoms with Crippen LogP contribution in [0, 0.1) is 0 Å². The molecule has 0 bridgehead atoms. The summed E-state index contributed by atoms with van der Waals surface area (Å²) in [4.78, 5) is 26.0. The Balaban J connectivity index is 1.15. The fourth-order valence-electron chi connectivity index (χ4n) is 4.14. The molecule has 10 nitrogen and oxygen atoms in total. The fraction of sp³-hybridized carbons (Fsp3) is 0.261. The molecular weight excluding hydrogens is 416 g/mol. The van der Waals surface area contributed by atoms with Gasteiger partial charge in [0.05, 0.1) is 0 Å². The number of hydrogen-bond acceptors (Lipinski definition) is 8. The summed E-state index contributed by atoms with van der Waals surface area (Å²) in [6.45, 7) is 4.78. The van der Waals surface area contributed by atoms with E-state index >= 15 is 0 Å². The quantitative estimate of drug-likeness (QED) is 0.430. The van der Waals surface area contributed by atoms with E-state index in [0.29, 0.717) is 12.5 Å². The van der Waals surface area contributed by atoms with Gasteiger partial charge in [-0.05, 0) is 36.4 Å². The van der Waals surface area contributed by atoms with E-state index in [-0.39, 0.29) is 0 Å². The van der Waals surface area contributed by atoms with Gasteiger partial charge in [-0.2, -0.15) is 10.1 Å². The lowest BCUT2D eigenvalue weighted by Crippen LogP contribution is -2.44. The molecule has 0 unspecified atom stereocenters. The van der Waals surface area contributed by atoms with Crippen molar-refractivity contribution in [2.24, 2.45) is 0 Å². The van der Waals surface area contributed by atoms with Crippen LogP contribution in [0.5, 0.6) is 0 Å². The molecule has 0 saturated carbocycles. The molecule has 10 heteroatoms. The molecule has 0 atom stereocenters. The van der Waals surface area contributed by atoms with Crippen LogP contribution in [0.3, 0.4) is 0 Å². The monoisotopic (exact) mass is 440 g/mol. The average molecular weight is 441 g/mol. The van der Waals surface area contributed by atoms with Crippen molar-refractivity contribution in [1.82, 2.24) is 39.4 Å². The molecule has 0 amide bonds. The third kappa shape index (κ3) is 3.85. The van der Waals surface area contributed by atoms with Gasteiger partial charge in [-0.25, -0.2) is 19.5 Å². The van der Waals surface area contributed by atoms with Crippen molar-refractivity contribution in [1.29, 1.82) is 0 Å². The molecule has 6 rings (SSSR count). The first-order valence-corrected chi connectivity index (χ1v) is 11.0. The summed E-state index contributed by atoms with van der Waals surface area (Å²) < 4.78 is 1.74. The van der Waals surface area contributed by atoms with E-state index in [1.807, 2.05) is 36.9 Å². The number of aromatic nitrogens is 7. The number of aromatic amines is 1. The van der Waals surface area contributed by atoms with Gasteiger partial charge in [0, 0.05) is 68.5 Å². The first-order valence-electron chi connectivity index (χ1n) is 11.0.